The predicted octanol–water partition coefficient (Wildman–Crippen LogP) is 2.76. The Morgan fingerprint density at radius 1 is 1.23 bits per heavy atom. The molecular weight excluding hydrogens is 342 g/mol. The van der Waals surface area contributed by atoms with Crippen molar-refractivity contribution in [2.24, 2.45) is 5.73 Å². The van der Waals surface area contributed by atoms with Gasteiger partial charge in [0.05, 0.1) is 7.11 Å². The number of ether oxygens (including phenoxy) is 3. The van der Waals surface area contributed by atoms with Crippen LogP contribution >= 0.6 is 0 Å². The van der Waals surface area contributed by atoms with E-state index in [-0.39, 0.29) is 11.5 Å². The Balaban J connectivity index is 3.28. The summed E-state index contributed by atoms with van der Waals surface area (Å²) >= 11 is 0. The molecule has 1 aromatic rings. The topological polar surface area (TPSA) is 128 Å². The van der Waals surface area contributed by atoms with Gasteiger partial charge < -0.3 is 24.4 Å². The van der Waals surface area contributed by atoms with E-state index in [4.69, 9.17) is 19.9 Å². The molecule has 0 aliphatic carbocycles. The molecule has 1 aromatic carbocycles. The fourth-order valence-corrected chi connectivity index (χ4v) is 2.50. The number of carbonyl (C=O) groups is 2. The van der Waals surface area contributed by atoms with Crippen LogP contribution in [0.25, 0.3) is 0 Å². The lowest BCUT2D eigenvalue weighted by atomic mass is 9.84. The maximum Gasteiger partial charge on any atom is 0.510 e. The van der Waals surface area contributed by atoms with Gasteiger partial charge in [0.25, 0.3) is 5.72 Å². The molecule has 8 heteroatoms. The number of aromatic hydroxyl groups is 2. The van der Waals surface area contributed by atoms with Gasteiger partial charge in [0.1, 0.15) is 6.10 Å². The van der Waals surface area contributed by atoms with Crippen molar-refractivity contribution < 1.29 is 34.0 Å². The molecule has 8 nitrogen and oxygen atoms in total. The summed E-state index contributed by atoms with van der Waals surface area (Å²) in [5.74, 6) is -2.47. The van der Waals surface area contributed by atoms with E-state index in [9.17, 15) is 19.8 Å². The zero-order valence-corrected chi connectivity index (χ0v) is 15.5. The van der Waals surface area contributed by atoms with Gasteiger partial charge in [-0.25, -0.2) is 9.59 Å². The van der Waals surface area contributed by atoms with Crippen molar-refractivity contribution in [3.63, 3.8) is 0 Å². The van der Waals surface area contributed by atoms with Gasteiger partial charge in [-0.1, -0.05) is 26.3 Å². The molecule has 0 saturated carbocycles. The molecule has 4 N–H and O–H groups in total. The third kappa shape index (κ3) is 5.01. The summed E-state index contributed by atoms with van der Waals surface area (Å²) in [6.07, 6.45) is 0.0243. The first-order chi connectivity index (χ1) is 12.2. The largest absolute Gasteiger partial charge is 0.510 e. The first-order valence-electron chi connectivity index (χ1n) is 8.48. The SMILES string of the molecule is CCCC(c1ccc(O)c(O)c1)[C@](N)(OC(=O)O[C@H](C)CC)C(=O)OC. The minimum Gasteiger partial charge on any atom is -0.504 e. The summed E-state index contributed by atoms with van der Waals surface area (Å²) in [6, 6.07) is 4.02. The molecule has 0 bridgehead atoms. The molecule has 0 heterocycles. The molecule has 1 unspecified atom stereocenters. The molecule has 0 radical (unpaired) electrons. The number of hydrogen-bond acceptors (Lipinski definition) is 8. The lowest BCUT2D eigenvalue weighted by Gasteiger charge is -2.34. The number of phenols is 2. The number of hydrogen-bond donors (Lipinski definition) is 3. The van der Waals surface area contributed by atoms with Crippen molar-refractivity contribution in [2.45, 2.75) is 57.8 Å². The van der Waals surface area contributed by atoms with Crippen molar-refractivity contribution in [2.75, 3.05) is 7.11 Å². The predicted molar refractivity (Wildman–Crippen MR) is 93.7 cm³/mol. The van der Waals surface area contributed by atoms with E-state index in [1.165, 1.54) is 18.2 Å². The smallest absolute Gasteiger partial charge is 0.504 e. The average Bonchev–Trinajstić information content (AvgIpc) is 2.60. The highest BCUT2D eigenvalue weighted by Crippen LogP contribution is 2.37. The quantitative estimate of drug-likeness (QED) is 0.362. The zero-order chi connectivity index (χ0) is 19.9. The number of phenolic OH excluding ortho intramolecular Hbond substituents is 2. The van der Waals surface area contributed by atoms with Crippen LogP contribution < -0.4 is 5.73 Å². The number of esters is 1. The van der Waals surface area contributed by atoms with Crippen molar-refractivity contribution in [3.05, 3.63) is 23.8 Å². The number of nitrogens with two attached hydrogens (primary N) is 1. The highest BCUT2D eigenvalue weighted by Gasteiger charge is 2.48. The van der Waals surface area contributed by atoms with E-state index in [1.54, 1.807) is 6.92 Å². The molecule has 1 rings (SSSR count). The Bertz CT molecular complexity index is 634. The maximum absolute atomic E-state index is 12.4. The van der Waals surface area contributed by atoms with Gasteiger partial charge in [-0.2, -0.15) is 0 Å². The van der Waals surface area contributed by atoms with Gasteiger partial charge in [-0.05, 0) is 37.5 Å². The second kappa shape index (κ2) is 9.28. The molecular formula is C18H27NO7. The average molecular weight is 369 g/mol. The summed E-state index contributed by atoms with van der Waals surface area (Å²) in [4.78, 5) is 24.5. The van der Waals surface area contributed by atoms with Gasteiger partial charge in [-0.15, -0.1) is 0 Å². The first-order valence-corrected chi connectivity index (χ1v) is 8.48. The standard InChI is InChI=1S/C18H27NO7/c1-5-7-13(12-8-9-14(20)15(21)10-12)18(19,16(22)24-4)26-17(23)25-11(3)6-2/h8-11,13,20-21H,5-7,19H2,1-4H3/t11-,13?,18+/m1/s1. The third-order valence-electron chi connectivity index (χ3n) is 4.13. The van der Waals surface area contributed by atoms with Crippen LogP contribution in [-0.4, -0.2) is 41.3 Å². The van der Waals surface area contributed by atoms with Crippen LogP contribution in [-0.2, 0) is 19.0 Å². The van der Waals surface area contributed by atoms with Crippen molar-refractivity contribution >= 4 is 12.1 Å². The summed E-state index contributed by atoms with van der Waals surface area (Å²) in [5.41, 5.74) is 4.43. The summed E-state index contributed by atoms with van der Waals surface area (Å²) in [7, 11) is 1.13. The molecule has 26 heavy (non-hydrogen) atoms. The van der Waals surface area contributed by atoms with E-state index < -0.39 is 29.9 Å². The minimum atomic E-state index is -2.15. The molecule has 0 saturated heterocycles. The Morgan fingerprint density at radius 2 is 1.88 bits per heavy atom. The Hall–Kier alpha value is -2.48. The van der Waals surface area contributed by atoms with Crippen LogP contribution in [0, 0.1) is 0 Å². The maximum atomic E-state index is 12.4. The molecule has 0 fully saturated rings. The van der Waals surface area contributed by atoms with E-state index in [2.05, 4.69) is 0 Å². The Morgan fingerprint density at radius 3 is 2.38 bits per heavy atom. The van der Waals surface area contributed by atoms with Gasteiger partial charge in [0.2, 0.25) is 0 Å². The normalized spacial score (nSPS) is 15.4. The van der Waals surface area contributed by atoms with Crippen molar-refractivity contribution in [3.8, 4) is 11.5 Å². The Labute approximate surface area is 152 Å². The van der Waals surface area contributed by atoms with Crippen LogP contribution in [0.4, 0.5) is 4.79 Å². The van der Waals surface area contributed by atoms with Crippen LogP contribution in [0.3, 0.4) is 0 Å². The van der Waals surface area contributed by atoms with E-state index in [0.717, 1.165) is 7.11 Å². The summed E-state index contributed by atoms with van der Waals surface area (Å²) < 4.78 is 15.0. The Kier molecular flexibility index (Phi) is 7.70. The molecule has 0 aromatic heterocycles. The zero-order valence-electron chi connectivity index (χ0n) is 15.5. The monoisotopic (exact) mass is 369 g/mol. The van der Waals surface area contributed by atoms with Gasteiger partial charge in [0.15, 0.2) is 11.5 Å². The van der Waals surface area contributed by atoms with Crippen LogP contribution in [0.15, 0.2) is 18.2 Å². The van der Waals surface area contributed by atoms with Gasteiger partial charge in [-0.3, -0.25) is 5.73 Å². The second-order valence-corrected chi connectivity index (χ2v) is 6.06. The highest BCUT2D eigenvalue weighted by molar-refractivity contribution is 5.83. The first kappa shape index (κ1) is 21.6. The van der Waals surface area contributed by atoms with E-state index in [0.29, 0.717) is 24.8 Å². The van der Waals surface area contributed by atoms with Crippen molar-refractivity contribution in [1.29, 1.82) is 0 Å². The third-order valence-corrected chi connectivity index (χ3v) is 4.13. The fraction of sp³-hybridized carbons (Fsp3) is 0.556. The fourth-order valence-electron chi connectivity index (χ4n) is 2.50. The highest BCUT2D eigenvalue weighted by atomic mass is 16.7. The van der Waals surface area contributed by atoms with E-state index in [1.807, 2.05) is 13.8 Å². The van der Waals surface area contributed by atoms with E-state index >= 15 is 0 Å². The van der Waals surface area contributed by atoms with Gasteiger partial charge >= 0.3 is 12.1 Å². The summed E-state index contributed by atoms with van der Waals surface area (Å²) in [5, 5.41) is 19.3. The lowest BCUT2D eigenvalue weighted by molar-refractivity contribution is -0.168. The number of rotatable bonds is 8. The molecule has 3 atom stereocenters. The van der Waals surface area contributed by atoms with Crippen LogP contribution in [0.2, 0.25) is 0 Å². The molecule has 146 valence electrons. The number of benzene rings is 1. The van der Waals surface area contributed by atoms with Crippen molar-refractivity contribution in [1.82, 2.24) is 0 Å². The minimum absolute atomic E-state index is 0.318. The van der Waals surface area contributed by atoms with Crippen LogP contribution in [0.5, 0.6) is 11.5 Å². The molecule has 0 aliphatic rings. The number of methoxy groups -OCH3 is 1. The molecule has 0 aliphatic heterocycles. The molecule has 0 amide bonds. The van der Waals surface area contributed by atoms with Crippen LogP contribution in [0.1, 0.15) is 51.5 Å². The molecule has 0 spiro atoms. The second-order valence-electron chi connectivity index (χ2n) is 6.06. The lowest BCUT2D eigenvalue weighted by Crippen LogP contribution is -2.57. The van der Waals surface area contributed by atoms with Gasteiger partial charge in [0, 0.05) is 5.92 Å². The summed E-state index contributed by atoms with van der Waals surface area (Å²) in [6.45, 7) is 5.37. The number of carbonyl (C=O) groups excluding carboxylic acids is 2.